The van der Waals surface area contributed by atoms with Crippen molar-refractivity contribution in [3.05, 3.63) is 59.4 Å². The lowest BCUT2D eigenvalue weighted by molar-refractivity contribution is -0.141. The number of nitrogens with zero attached hydrogens (tertiary/aromatic N) is 3. The maximum absolute atomic E-state index is 13.4. The minimum atomic E-state index is -0.556. The van der Waals surface area contributed by atoms with E-state index in [9.17, 15) is 14.4 Å². The molecule has 32 heavy (non-hydrogen) atoms. The van der Waals surface area contributed by atoms with E-state index in [2.05, 4.69) is 10.3 Å². The van der Waals surface area contributed by atoms with Crippen molar-refractivity contribution in [1.82, 2.24) is 14.5 Å². The number of carbonyl (C=O) groups excluding carboxylic acids is 3. The second-order valence-electron chi connectivity index (χ2n) is 8.36. The number of primary amides is 1. The van der Waals surface area contributed by atoms with Crippen molar-refractivity contribution in [2.24, 2.45) is 11.7 Å². The van der Waals surface area contributed by atoms with Crippen molar-refractivity contribution in [3.63, 3.8) is 0 Å². The van der Waals surface area contributed by atoms with Gasteiger partial charge in [0.1, 0.15) is 23.6 Å². The molecule has 1 aromatic carbocycles. The van der Waals surface area contributed by atoms with E-state index >= 15 is 0 Å². The zero-order chi connectivity index (χ0) is 22.4. The highest BCUT2D eigenvalue weighted by Crippen LogP contribution is 2.43. The maximum Gasteiger partial charge on any atom is 0.250 e. The van der Waals surface area contributed by atoms with Crippen LogP contribution in [0.2, 0.25) is 5.15 Å². The van der Waals surface area contributed by atoms with Gasteiger partial charge in [-0.05, 0) is 43.4 Å². The number of nitrogens with one attached hydrogen (secondary N) is 1. The van der Waals surface area contributed by atoms with Gasteiger partial charge in [-0.25, -0.2) is 4.98 Å². The van der Waals surface area contributed by atoms with Gasteiger partial charge in [-0.3, -0.25) is 14.4 Å². The van der Waals surface area contributed by atoms with Gasteiger partial charge in [0.25, 0.3) is 5.91 Å². The number of aromatic nitrogens is 2. The van der Waals surface area contributed by atoms with Crippen LogP contribution < -0.4 is 11.1 Å². The average Bonchev–Trinajstić information content (AvgIpc) is 3.47. The van der Waals surface area contributed by atoms with Crippen LogP contribution in [0.25, 0.3) is 10.9 Å². The Balaban J connectivity index is 1.41. The molecule has 3 atom stereocenters. The first kappa shape index (κ1) is 20.5. The Labute approximate surface area is 189 Å². The van der Waals surface area contributed by atoms with Crippen LogP contribution in [-0.2, 0) is 16.1 Å². The molecule has 2 bridgehead atoms. The number of benzene rings is 1. The SMILES string of the molecule is NC(=O)c1cn(CC(=O)N2[C@@H]3CC[C@@H](C3)[C@H]2C(=O)Nc2cccc(Cl)n2)c2ccccc12. The van der Waals surface area contributed by atoms with E-state index in [-0.39, 0.29) is 35.5 Å². The van der Waals surface area contributed by atoms with Crippen LogP contribution in [0, 0.1) is 5.92 Å². The topological polar surface area (TPSA) is 110 Å². The number of hydrogen-bond acceptors (Lipinski definition) is 4. The molecule has 9 heteroatoms. The van der Waals surface area contributed by atoms with Crippen molar-refractivity contribution in [1.29, 1.82) is 0 Å². The molecule has 8 nitrogen and oxygen atoms in total. The lowest BCUT2D eigenvalue weighted by atomic mass is 9.97. The molecule has 5 rings (SSSR count). The molecule has 2 aromatic heterocycles. The van der Waals surface area contributed by atoms with Crippen LogP contribution in [0.5, 0.6) is 0 Å². The lowest BCUT2D eigenvalue weighted by Gasteiger charge is -2.34. The van der Waals surface area contributed by atoms with Gasteiger partial charge in [0.05, 0.1) is 5.56 Å². The van der Waals surface area contributed by atoms with Crippen LogP contribution in [-0.4, -0.2) is 44.3 Å². The van der Waals surface area contributed by atoms with Crippen molar-refractivity contribution < 1.29 is 14.4 Å². The van der Waals surface area contributed by atoms with E-state index in [4.69, 9.17) is 17.3 Å². The van der Waals surface area contributed by atoms with Crippen molar-refractivity contribution >= 4 is 46.0 Å². The summed E-state index contributed by atoms with van der Waals surface area (Å²) in [4.78, 5) is 44.2. The number of anilines is 1. The predicted molar refractivity (Wildman–Crippen MR) is 120 cm³/mol. The molecule has 2 fully saturated rings. The Morgan fingerprint density at radius 1 is 1.12 bits per heavy atom. The summed E-state index contributed by atoms with van der Waals surface area (Å²) in [7, 11) is 0. The number of likely N-dealkylation sites (tertiary alicyclic amines) is 1. The maximum atomic E-state index is 13.4. The van der Waals surface area contributed by atoms with Gasteiger partial charge in [-0.1, -0.05) is 35.9 Å². The molecule has 1 saturated carbocycles. The molecule has 0 radical (unpaired) electrons. The van der Waals surface area contributed by atoms with Gasteiger partial charge < -0.3 is 20.5 Å². The molecule has 1 saturated heterocycles. The number of fused-ring (bicyclic) bond motifs is 3. The molecule has 0 unspecified atom stereocenters. The number of rotatable bonds is 5. The highest BCUT2D eigenvalue weighted by Gasteiger charge is 2.51. The Morgan fingerprint density at radius 2 is 1.94 bits per heavy atom. The molecule has 3 amide bonds. The third-order valence-electron chi connectivity index (χ3n) is 6.47. The first-order valence-corrected chi connectivity index (χ1v) is 10.9. The number of halogens is 1. The van der Waals surface area contributed by atoms with E-state index in [0.29, 0.717) is 16.8 Å². The summed E-state index contributed by atoms with van der Waals surface area (Å²) in [6.07, 6.45) is 4.22. The summed E-state index contributed by atoms with van der Waals surface area (Å²) >= 11 is 5.93. The monoisotopic (exact) mass is 451 g/mol. The molecular weight excluding hydrogens is 430 g/mol. The van der Waals surface area contributed by atoms with Crippen LogP contribution in [0.15, 0.2) is 48.7 Å². The molecule has 164 valence electrons. The van der Waals surface area contributed by atoms with Gasteiger partial charge in [0, 0.05) is 23.1 Å². The normalized spacial score (nSPS) is 21.8. The van der Waals surface area contributed by atoms with E-state index in [1.807, 2.05) is 24.3 Å². The second-order valence-corrected chi connectivity index (χ2v) is 8.75. The summed E-state index contributed by atoms with van der Waals surface area (Å²) in [5.74, 6) is -0.478. The van der Waals surface area contributed by atoms with E-state index in [1.165, 1.54) is 0 Å². The number of amides is 3. The summed E-state index contributed by atoms with van der Waals surface area (Å²) in [6, 6.07) is 11.8. The highest BCUT2D eigenvalue weighted by molar-refractivity contribution is 6.29. The Bertz CT molecular complexity index is 1240. The van der Waals surface area contributed by atoms with Gasteiger partial charge in [-0.15, -0.1) is 0 Å². The molecule has 3 heterocycles. The third-order valence-corrected chi connectivity index (χ3v) is 6.68. The molecular formula is C23H22ClN5O3. The van der Waals surface area contributed by atoms with Gasteiger partial charge >= 0.3 is 0 Å². The van der Waals surface area contributed by atoms with Gasteiger partial charge in [0.15, 0.2) is 0 Å². The minimum absolute atomic E-state index is 0.0240. The first-order chi connectivity index (χ1) is 15.4. The number of para-hydroxylation sites is 1. The van der Waals surface area contributed by atoms with E-state index in [0.717, 1.165) is 24.8 Å². The Morgan fingerprint density at radius 3 is 2.72 bits per heavy atom. The molecule has 1 aliphatic heterocycles. The van der Waals surface area contributed by atoms with Crippen molar-refractivity contribution in [2.45, 2.75) is 37.9 Å². The van der Waals surface area contributed by atoms with Crippen LogP contribution in [0.4, 0.5) is 5.82 Å². The predicted octanol–water partition coefficient (Wildman–Crippen LogP) is 2.81. The highest BCUT2D eigenvalue weighted by atomic mass is 35.5. The molecule has 2 aliphatic rings. The number of hydrogen-bond donors (Lipinski definition) is 2. The largest absolute Gasteiger partial charge is 0.366 e. The molecule has 1 aliphatic carbocycles. The smallest absolute Gasteiger partial charge is 0.250 e. The summed E-state index contributed by atoms with van der Waals surface area (Å²) in [6.45, 7) is 0.0240. The van der Waals surface area contributed by atoms with Gasteiger partial charge in [0.2, 0.25) is 11.8 Å². The minimum Gasteiger partial charge on any atom is -0.366 e. The zero-order valence-corrected chi connectivity index (χ0v) is 18.0. The van der Waals surface area contributed by atoms with Crippen LogP contribution in [0.3, 0.4) is 0 Å². The summed E-state index contributed by atoms with van der Waals surface area (Å²) in [5, 5.41) is 3.80. The van der Waals surface area contributed by atoms with Crippen molar-refractivity contribution in [3.8, 4) is 0 Å². The number of pyridine rings is 1. The standard InChI is InChI=1S/C23H22ClN5O3/c24-18-6-3-7-19(26-18)27-23(32)21-13-8-9-14(10-13)29(21)20(30)12-28-11-16(22(25)31)15-4-1-2-5-17(15)28/h1-7,11,13-14,21H,8-10,12H2,(H2,25,31)(H,26,27,32)/t13-,14+,21-/m0/s1. The summed E-state index contributed by atoms with van der Waals surface area (Å²) < 4.78 is 1.73. The number of carbonyl (C=O) groups is 3. The van der Waals surface area contributed by atoms with E-state index in [1.54, 1.807) is 33.9 Å². The summed E-state index contributed by atoms with van der Waals surface area (Å²) in [5.41, 5.74) is 6.65. The lowest BCUT2D eigenvalue weighted by Crippen LogP contribution is -2.51. The number of nitrogens with two attached hydrogens (primary N) is 1. The van der Waals surface area contributed by atoms with Crippen LogP contribution >= 0.6 is 11.6 Å². The van der Waals surface area contributed by atoms with Crippen molar-refractivity contribution in [2.75, 3.05) is 5.32 Å². The fourth-order valence-corrected chi connectivity index (χ4v) is 5.33. The Hall–Kier alpha value is -3.39. The zero-order valence-electron chi connectivity index (χ0n) is 17.2. The van der Waals surface area contributed by atoms with Crippen LogP contribution in [0.1, 0.15) is 29.6 Å². The molecule has 3 N–H and O–H groups in total. The quantitative estimate of drug-likeness (QED) is 0.581. The average molecular weight is 452 g/mol. The Kier molecular flexibility index (Phi) is 5.09. The second kappa shape index (κ2) is 7.94. The first-order valence-electron chi connectivity index (χ1n) is 10.5. The molecule has 0 spiro atoms. The fourth-order valence-electron chi connectivity index (χ4n) is 5.16. The number of piperidine rings is 1. The fraction of sp³-hybridized carbons (Fsp3) is 0.304. The third kappa shape index (κ3) is 3.50. The van der Waals surface area contributed by atoms with Gasteiger partial charge in [-0.2, -0.15) is 0 Å². The van der Waals surface area contributed by atoms with E-state index < -0.39 is 11.9 Å². The molecule has 3 aromatic rings.